The number of aliphatic imine (C=N–C) groups is 1. The molecule has 1 unspecified atom stereocenters. The maximum absolute atomic E-state index is 6.64. The fraction of sp³-hybridized carbons (Fsp3) is 0.409. The van der Waals surface area contributed by atoms with Gasteiger partial charge in [-0.25, -0.2) is 0 Å². The molecular weight excluding hydrogens is 360 g/mol. The van der Waals surface area contributed by atoms with Gasteiger partial charge in [0.2, 0.25) is 0 Å². The average molecular weight is 387 g/mol. The van der Waals surface area contributed by atoms with Crippen LogP contribution in [0.25, 0.3) is 0 Å². The Morgan fingerprint density at radius 3 is 2.73 bits per heavy atom. The Labute approximate surface area is 166 Å². The van der Waals surface area contributed by atoms with E-state index in [1.54, 1.807) is 11.8 Å². The van der Waals surface area contributed by atoms with Crippen molar-refractivity contribution in [2.75, 3.05) is 17.7 Å². The van der Waals surface area contributed by atoms with Crippen LogP contribution in [0, 0.1) is 0 Å². The monoisotopic (exact) mass is 386 g/mol. The summed E-state index contributed by atoms with van der Waals surface area (Å²) in [4.78, 5) is 8.35. The van der Waals surface area contributed by atoms with Gasteiger partial charge in [0.05, 0.1) is 10.7 Å². The van der Waals surface area contributed by atoms with Gasteiger partial charge in [-0.3, -0.25) is 4.99 Å². The number of benzene rings is 2. The lowest BCUT2D eigenvalue weighted by atomic mass is 9.79. The molecule has 1 aliphatic heterocycles. The molecule has 0 fully saturated rings. The van der Waals surface area contributed by atoms with E-state index < -0.39 is 0 Å². The molecule has 26 heavy (non-hydrogen) atoms. The van der Waals surface area contributed by atoms with Crippen LogP contribution < -0.4 is 4.90 Å². The summed E-state index contributed by atoms with van der Waals surface area (Å²) in [5, 5.41) is 0.762. The molecule has 0 aliphatic carbocycles. The third-order valence-corrected chi connectivity index (χ3v) is 6.36. The molecule has 1 atom stereocenters. The Hall–Kier alpha value is -1.45. The molecule has 1 heterocycles. The second-order valence-corrected chi connectivity index (χ2v) is 8.78. The Balaban J connectivity index is 2.01. The lowest BCUT2D eigenvalue weighted by Crippen LogP contribution is -2.48. The Morgan fingerprint density at radius 1 is 1.31 bits per heavy atom. The van der Waals surface area contributed by atoms with Crippen LogP contribution >= 0.6 is 23.4 Å². The number of para-hydroxylation sites is 1. The molecule has 0 radical (unpaired) electrons. The van der Waals surface area contributed by atoms with Gasteiger partial charge in [-0.1, -0.05) is 30.7 Å². The summed E-state index contributed by atoms with van der Waals surface area (Å²) in [6.45, 7) is 10.1. The molecule has 138 valence electrons. The van der Waals surface area contributed by atoms with E-state index >= 15 is 0 Å². The van der Waals surface area contributed by atoms with Crippen molar-refractivity contribution in [1.29, 1.82) is 0 Å². The summed E-state index contributed by atoms with van der Waals surface area (Å²) >= 11 is 8.35. The van der Waals surface area contributed by atoms with Gasteiger partial charge in [-0.05, 0) is 69.2 Å². The first-order valence-corrected chi connectivity index (χ1v) is 10.8. The number of hydrogen-bond acceptors (Lipinski definition) is 3. The highest BCUT2D eigenvalue weighted by atomic mass is 35.5. The standard InChI is InChI=1S/C22H27ClN2S/c1-6-25-20-12-18(23)16(11-17(20)15(2)13-22(25,3)4)14-24-19-9-7-8-10-21(19)26-5/h7-12,14-15H,6,13H2,1-5H3. The first kappa shape index (κ1) is 19.3. The summed E-state index contributed by atoms with van der Waals surface area (Å²) in [6, 6.07) is 12.5. The largest absolute Gasteiger partial charge is 0.366 e. The van der Waals surface area contributed by atoms with E-state index in [-0.39, 0.29) is 5.54 Å². The molecule has 2 nitrogen and oxygen atoms in total. The third-order valence-electron chi connectivity index (χ3n) is 5.25. The van der Waals surface area contributed by atoms with Crippen molar-refractivity contribution in [3.05, 3.63) is 52.5 Å². The first-order valence-electron chi connectivity index (χ1n) is 9.15. The molecule has 2 aromatic carbocycles. The summed E-state index contributed by atoms with van der Waals surface area (Å²) in [5.41, 5.74) is 4.76. The van der Waals surface area contributed by atoms with Crippen LogP contribution in [0.5, 0.6) is 0 Å². The number of halogens is 1. The molecule has 1 aliphatic rings. The molecule has 0 N–H and O–H groups in total. The molecule has 4 heteroatoms. The van der Waals surface area contributed by atoms with E-state index in [4.69, 9.17) is 16.6 Å². The highest BCUT2D eigenvalue weighted by Gasteiger charge is 2.35. The van der Waals surface area contributed by atoms with E-state index in [0.29, 0.717) is 5.92 Å². The maximum Gasteiger partial charge on any atom is 0.0765 e. The van der Waals surface area contributed by atoms with Crippen molar-refractivity contribution in [2.45, 2.75) is 50.5 Å². The van der Waals surface area contributed by atoms with Gasteiger partial charge in [-0.2, -0.15) is 0 Å². The first-order chi connectivity index (χ1) is 12.4. The smallest absolute Gasteiger partial charge is 0.0765 e. The highest BCUT2D eigenvalue weighted by molar-refractivity contribution is 7.98. The zero-order valence-electron chi connectivity index (χ0n) is 16.2. The zero-order chi connectivity index (χ0) is 18.9. The van der Waals surface area contributed by atoms with Gasteiger partial charge in [-0.15, -0.1) is 11.8 Å². The minimum absolute atomic E-state index is 0.150. The van der Waals surface area contributed by atoms with Crippen LogP contribution in [-0.2, 0) is 0 Å². The van der Waals surface area contributed by atoms with Crippen molar-refractivity contribution >= 4 is 41.0 Å². The van der Waals surface area contributed by atoms with Gasteiger partial charge in [0, 0.05) is 34.4 Å². The quantitative estimate of drug-likeness (QED) is 0.418. The number of thioether (sulfide) groups is 1. The molecule has 0 amide bonds. The van der Waals surface area contributed by atoms with E-state index in [2.05, 4.69) is 57.0 Å². The maximum atomic E-state index is 6.64. The highest BCUT2D eigenvalue weighted by Crippen LogP contribution is 2.44. The predicted octanol–water partition coefficient (Wildman–Crippen LogP) is 6.92. The van der Waals surface area contributed by atoms with Crippen LogP contribution in [0.3, 0.4) is 0 Å². The molecular formula is C22H27ClN2S. The van der Waals surface area contributed by atoms with Crippen LogP contribution in [0.1, 0.15) is 51.2 Å². The number of rotatable bonds is 4. The normalized spacial score (nSPS) is 19.0. The van der Waals surface area contributed by atoms with Crippen molar-refractivity contribution in [1.82, 2.24) is 0 Å². The van der Waals surface area contributed by atoms with Crippen molar-refractivity contribution in [3.8, 4) is 0 Å². The van der Waals surface area contributed by atoms with Crippen LogP contribution in [0.4, 0.5) is 11.4 Å². The second kappa shape index (κ2) is 7.66. The number of anilines is 1. The molecule has 0 saturated heterocycles. The second-order valence-electron chi connectivity index (χ2n) is 7.52. The van der Waals surface area contributed by atoms with Crippen LogP contribution in [0.2, 0.25) is 5.02 Å². The van der Waals surface area contributed by atoms with E-state index in [1.165, 1.54) is 16.1 Å². The summed E-state index contributed by atoms with van der Waals surface area (Å²) < 4.78 is 0. The summed E-state index contributed by atoms with van der Waals surface area (Å²) in [5.74, 6) is 0.505. The van der Waals surface area contributed by atoms with Gasteiger partial charge in [0.25, 0.3) is 0 Å². The van der Waals surface area contributed by atoms with E-state index in [1.807, 2.05) is 24.4 Å². The fourth-order valence-corrected chi connectivity index (χ4v) is 4.85. The fourth-order valence-electron chi connectivity index (χ4n) is 4.09. The molecule has 2 aromatic rings. The molecule has 0 saturated carbocycles. The summed E-state index contributed by atoms with van der Waals surface area (Å²) in [7, 11) is 0. The Morgan fingerprint density at radius 2 is 2.04 bits per heavy atom. The van der Waals surface area contributed by atoms with Crippen LogP contribution in [-0.4, -0.2) is 24.6 Å². The summed E-state index contributed by atoms with van der Waals surface area (Å²) in [6.07, 6.45) is 5.12. The van der Waals surface area contributed by atoms with E-state index in [9.17, 15) is 0 Å². The Bertz CT molecular complexity index is 829. The van der Waals surface area contributed by atoms with Crippen molar-refractivity contribution in [2.24, 2.45) is 4.99 Å². The predicted molar refractivity (Wildman–Crippen MR) is 117 cm³/mol. The van der Waals surface area contributed by atoms with Crippen molar-refractivity contribution in [3.63, 3.8) is 0 Å². The lowest BCUT2D eigenvalue weighted by Gasteiger charge is -2.47. The van der Waals surface area contributed by atoms with Crippen LogP contribution in [0.15, 0.2) is 46.3 Å². The minimum atomic E-state index is 0.150. The van der Waals surface area contributed by atoms with Gasteiger partial charge >= 0.3 is 0 Å². The van der Waals surface area contributed by atoms with Gasteiger partial charge in [0.15, 0.2) is 0 Å². The molecule has 0 bridgehead atoms. The zero-order valence-corrected chi connectivity index (χ0v) is 17.8. The Kier molecular flexibility index (Phi) is 5.69. The van der Waals surface area contributed by atoms with Crippen molar-refractivity contribution < 1.29 is 0 Å². The third kappa shape index (κ3) is 3.65. The SMILES string of the molecule is CCN1c2cc(Cl)c(C=Nc3ccccc3SC)cc2C(C)CC1(C)C. The molecule has 0 spiro atoms. The minimum Gasteiger partial charge on any atom is -0.366 e. The average Bonchev–Trinajstić information content (AvgIpc) is 2.60. The topological polar surface area (TPSA) is 15.6 Å². The molecule has 0 aromatic heterocycles. The number of fused-ring (bicyclic) bond motifs is 1. The number of hydrogen-bond donors (Lipinski definition) is 0. The lowest BCUT2D eigenvalue weighted by molar-refractivity contribution is 0.381. The van der Waals surface area contributed by atoms with Gasteiger partial charge < -0.3 is 4.90 Å². The number of nitrogens with zero attached hydrogens (tertiary/aromatic N) is 2. The van der Waals surface area contributed by atoms with E-state index in [0.717, 1.165) is 29.2 Å². The van der Waals surface area contributed by atoms with Gasteiger partial charge in [0.1, 0.15) is 0 Å². The molecule has 3 rings (SSSR count).